The van der Waals surface area contributed by atoms with Crippen molar-refractivity contribution in [2.75, 3.05) is 26.7 Å². The lowest BCUT2D eigenvalue weighted by Crippen LogP contribution is -2.54. The average Bonchev–Trinajstić information content (AvgIpc) is 2.34. The lowest BCUT2D eigenvalue weighted by Gasteiger charge is -2.37. The first kappa shape index (κ1) is 13.1. The predicted molar refractivity (Wildman–Crippen MR) is 70.5 cm³/mol. The average molecular weight is 248 g/mol. The van der Waals surface area contributed by atoms with Gasteiger partial charge >= 0.3 is 5.97 Å². The topological polar surface area (TPSA) is 43.8 Å². The zero-order chi connectivity index (χ0) is 13.1. The summed E-state index contributed by atoms with van der Waals surface area (Å²) in [5, 5.41) is 9.16. The molecule has 1 N–H and O–H groups in total. The Kier molecular flexibility index (Phi) is 3.99. The Labute approximate surface area is 108 Å². The van der Waals surface area contributed by atoms with Crippen LogP contribution in [0.4, 0.5) is 0 Å². The van der Waals surface area contributed by atoms with Gasteiger partial charge in [0.2, 0.25) is 0 Å². The quantitative estimate of drug-likeness (QED) is 0.873. The Balaban J connectivity index is 1.98. The standard InChI is InChI=1S/C14H20N2O2/c1-11-3-5-12(6-4-11)9-16-8-7-15(2)13(10-16)14(17)18/h3-6,13H,7-10H2,1-2H3,(H,17,18). The number of piperazine rings is 1. The van der Waals surface area contributed by atoms with E-state index < -0.39 is 5.97 Å². The summed E-state index contributed by atoms with van der Waals surface area (Å²) in [6.45, 7) is 5.23. The summed E-state index contributed by atoms with van der Waals surface area (Å²) >= 11 is 0. The van der Waals surface area contributed by atoms with Crippen LogP contribution in [-0.4, -0.2) is 53.6 Å². The molecule has 1 aliphatic rings. The van der Waals surface area contributed by atoms with Crippen molar-refractivity contribution in [1.29, 1.82) is 0 Å². The van der Waals surface area contributed by atoms with Crippen LogP contribution in [0.1, 0.15) is 11.1 Å². The lowest BCUT2D eigenvalue weighted by atomic mass is 10.1. The van der Waals surface area contributed by atoms with Gasteiger partial charge in [0.25, 0.3) is 0 Å². The van der Waals surface area contributed by atoms with Crippen LogP contribution in [0.2, 0.25) is 0 Å². The number of benzene rings is 1. The zero-order valence-corrected chi connectivity index (χ0v) is 11.0. The van der Waals surface area contributed by atoms with E-state index in [9.17, 15) is 4.79 Å². The Morgan fingerprint density at radius 2 is 2.00 bits per heavy atom. The Morgan fingerprint density at radius 3 is 2.61 bits per heavy atom. The maximum Gasteiger partial charge on any atom is 0.322 e. The lowest BCUT2D eigenvalue weighted by molar-refractivity contribution is -0.145. The normalized spacial score (nSPS) is 22.0. The van der Waals surface area contributed by atoms with Crippen molar-refractivity contribution in [3.05, 3.63) is 35.4 Å². The fourth-order valence-electron chi connectivity index (χ4n) is 2.29. The summed E-state index contributed by atoms with van der Waals surface area (Å²) in [6.07, 6.45) is 0. The molecule has 1 aromatic carbocycles. The van der Waals surface area contributed by atoms with Crippen LogP contribution in [0.15, 0.2) is 24.3 Å². The highest BCUT2D eigenvalue weighted by molar-refractivity contribution is 5.73. The molecule has 18 heavy (non-hydrogen) atoms. The first-order chi connectivity index (χ1) is 8.56. The van der Waals surface area contributed by atoms with Gasteiger partial charge in [-0.25, -0.2) is 0 Å². The second-order valence-corrected chi connectivity index (χ2v) is 5.06. The molecule has 98 valence electrons. The van der Waals surface area contributed by atoms with E-state index in [0.717, 1.165) is 19.6 Å². The minimum atomic E-state index is -0.730. The Morgan fingerprint density at radius 1 is 1.33 bits per heavy atom. The smallest absolute Gasteiger partial charge is 0.322 e. The Bertz CT molecular complexity index is 416. The van der Waals surface area contributed by atoms with Crippen molar-refractivity contribution in [1.82, 2.24) is 9.80 Å². The van der Waals surface area contributed by atoms with Crippen LogP contribution >= 0.6 is 0 Å². The summed E-state index contributed by atoms with van der Waals surface area (Å²) in [5.74, 6) is -0.730. The number of aryl methyl sites for hydroxylation is 1. The van der Waals surface area contributed by atoms with Gasteiger partial charge < -0.3 is 5.11 Å². The maximum atomic E-state index is 11.1. The van der Waals surface area contributed by atoms with E-state index in [-0.39, 0.29) is 6.04 Å². The number of rotatable bonds is 3. The van der Waals surface area contributed by atoms with Gasteiger partial charge in [0.05, 0.1) is 0 Å². The highest BCUT2D eigenvalue weighted by Gasteiger charge is 2.29. The summed E-state index contributed by atoms with van der Waals surface area (Å²) in [5.41, 5.74) is 2.50. The fraction of sp³-hybridized carbons (Fsp3) is 0.500. The van der Waals surface area contributed by atoms with Crippen LogP contribution in [0.25, 0.3) is 0 Å². The Hall–Kier alpha value is -1.39. The zero-order valence-electron chi connectivity index (χ0n) is 11.0. The molecule has 1 atom stereocenters. The van der Waals surface area contributed by atoms with Crippen molar-refractivity contribution >= 4 is 5.97 Å². The van der Waals surface area contributed by atoms with Crippen LogP contribution < -0.4 is 0 Å². The molecule has 0 aromatic heterocycles. The molecule has 0 saturated carbocycles. The minimum absolute atomic E-state index is 0.385. The number of nitrogens with zero attached hydrogens (tertiary/aromatic N) is 2. The van der Waals surface area contributed by atoms with Crippen molar-refractivity contribution in [3.63, 3.8) is 0 Å². The molecule has 4 heteroatoms. The fourth-order valence-corrected chi connectivity index (χ4v) is 2.29. The number of likely N-dealkylation sites (N-methyl/N-ethyl adjacent to an activating group) is 1. The first-order valence-electron chi connectivity index (χ1n) is 6.27. The summed E-state index contributed by atoms with van der Waals surface area (Å²) < 4.78 is 0. The summed E-state index contributed by atoms with van der Waals surface area (Å²) in [7, 11) is 1.88. The van der Waals surface area contributed by atoms with Crippen LogP contribution in [0, 0.1) is 6.92 Å². The van der Waals surface area contributed by atoms with Crippen LogP contribution in [-0.2, 0) is 11.3 Å². The minimum Gasteiger partial charge on any atom is -0.480 e. The third-order valence-electron chi connectivity index (χ3n) is 3.54. The van der Waals surface area contributed by atoms with E-state index in [1.165, 1.54) is 11.1 Å². The number of hydrogen-bond acceptors (Lipinski definition) is 3. The predicted octanol–water partition coefficient (Wildman–Crippen LogP) is 1.20. The van der Waals surface area contributed by atoms with E-state index in [0.29, 0.717) is 6.54 Å². The van der Waals surface area contributed by atoms with E-state index >= 15 is 0 Å². The third kappa shape index (κ3) is 3.09. The van der Waals surface area contributed by atoms with E-state index in [4.69, 9.17) is 5.11 Å². The van der Waals surface area contributed by atoms with Gasteiger partial charge in [-0.1, -0.05) is 29.8 Å². The highest BCUT2D eigenvalue weighted by atomic mass is 16.4. The molecule has 1 aromatic rings. The number of hydrogen-bond donors (Lipinski definition) is 1. The van der Waals surface area contributed by atoms with Crippen molar-refractivity contribution in [2.45, 2.75) is 19.5 Å². The summed E-state index contributed by atoms with van der Waals surface area (Å²) in [4.78, 5) is 15.3. The molecule has 0 aliphatic carbocycles. The second kappa shape index (κ2) is 5.50. The van der Waals surface area contributed by atoms with Crippen LogP contribution in [0.5, 0.6) is 0 Å². The van der Waals surface area contributed by atoms with Gasteiger partial charge in [-0.3, -0.25) is 14.6 Å². The highest BCUT2D eigenvalue weighted by Crippen LogP contribution is 2.12. The van der Waals surface area contributed by atoms with E-state index in [1.807, 2.05) is 11.9 Å². The largest absolute Gasteiger partial charge is 0.480 e. The molecule has 0 amide bonds. The third-order valence-corrected chi connectivity index (χ3v) is 3.54. The number of carbonyl (C=O) groups is 1. The molecule has 4 nitrogen and oxygen atoms in total. The molecule has 1 unspecified atom stereocenters. The van der Waals surface area contributed by atoms with Gasteiger partial charge in [0.15, 0.2) is 0 Å². The molecule has 1 fully saturated rings. The second-order valence-electron chi connectivity index (χ2n) is 5.06. The van der Waals surface area contributed by atoms with Gasteiger partial charge in [-0.05, 0) is 19.5 Å². The monoisotopic (exact) mass is 248 g/mol. The van der Waals surface area contributed by atoms with Gasteiger partial charge in [0.1, 0.15) is 6.04 Å². The van der Waals surface area contributed by atoms with Gasteiger partial charge in [-0.15, -0.1) is 0 Å². The van der Waals surface area contributed by atoms with Crippen molar-refractivity contribution < 1.29 is 9.90 Å². The van der Waals surface area contributed by atoms with Gasteiger partial charge in [-0.2, -0.15) is 0 Å². The van der Waals surface area contributed by atoms with E-state index in [1.54, 1.807) is 0 Å². The van der Waals surface area contributed by atoms with Crippen LogP contribution in [0.3, 0.4) is 0 Å². The number of aliphatic carboxylic acids is 1. The first-order valence-corrected chi connectivity index (χ1v) is 6.27. The SMILES string of the molecule is Cc1ccc(CN2CCN(C)C(C(=O)O)C2)cc1. The van der Waals surface area contributed by atoms with Crippen molar-refractivity contribution in [2.24, 2.45) is 0 Å². The molecule has 2 rings (SSSR count). The molecular formula is C14H20N2O2. The summed E-state index contributed by atoms with van der Waals surface area (Å²) in [6, 6.07) is 8.04. The molecule has 0 radical (unpaired) electrons. The molecule has 1 heterocycles. The molecule has 1 aliphatic heterocycles. The van der Waals surface area contributed by atoms with Gasteiger partial charge in [0, 0.05) is 26.2 Å². The molecular weight excluding hydrogens is 228 g/mol. The molecule has 1 saturated heterocycles. The van der Waals surface area contributed by atoms with Crippen molar-refractivity contribution in [3.8, 4) is 0 Å². The van der Waals surface area contributed by atoms with E-state index in [2.05, 4.69) is 36.1 Å². The maximum absolute atomic E-state index is 11.1. The molecule has 0 bridgehead atoms. The number of carboxylic acids is 1. The number of carboxylic acid groups (broad SMARTS) is 1. The molecule has 0 spiro atoms.